The van der Waals surface area contributed by atoms with Gasteiger partial charge in [-0.05, 0) is 65.7 Å². The lowest BCUT2D eigenvalue weighted by Crippen LogP contribution is -2.31. The summed E-state index contributed by atoms with van der Waals surface area (Å²) >= 11 is 3.26. The molecular formula is C16H23BrFN. The van der Waals surface area contributed by atoms with Crippen LogP contribution in [0.15, 0.2) is 22.7 Å². The van der Waals surface area contributed by atoms with Crippen LogP contribution in [0.1, 0.15) is 57.6 Å². The van der Waals surface area contributed by atoms with Gasteiger partial charge in [0.2, 0.25) is 0 Å². The van der Waals surface area contributed by atoms with Crippen LogP contribution < -0.4 is 5.32 Å². The van der Waals surface area contributed by atoms with Gasteiger partial charge in [-0.3, -0.25) is 0 Å². The Kier molecular flexibility index (Phi) is 5.40. The number of nitrogens with one attached hydrogen (secondary N) is 1. The van der Waals surface area contributed by atoms with Crippen LogP contribution in [0.2, 0.25) is 0 Å². The topological polar surface area (TPSA) is 12.0 Å². The summed E-state index contributed by atoms with van der Waals surface area (Å²) in [6, 6.07) is 6.16. The second kappa shape index (κ2) is 6.85. The summed E-state index contributed by atoms with van der Waals surface area (Å²) in [5.74, 6) is 0.668. The Hall–Kier alpha value is -0.410. The molecule has 2 rings (SSSR count). The first-order chi connectivity index (χ1) is 9.06. The standard InChI is InChI=1S/C16H23BrFN/c1-11-4-3-5-14(8-6-11)19-12(2)13-7-9-16(18)15(17)10-13/h7,9-12,14,19H,3-6,8H2,1-2H3. The third-order valence-corrected chi connectivity index (χ3v) is 4.79. The molecule has 0 aromatic heterocycles. The molecule has 0 radical (unpaired) electrons. The highest BCUT2D eigenvalue weighted by Crippen LogP contribution is 2.26. The zero-order valence-electron chi connectivity index (χ0n) is 11.8. The molecule has 3 heteroatoms. The maximum Gasteiger partial charge on any atom is 0.137 e. The molecule has 0 bridgehead atoms. The van der Waals surface area contributed by atoms with Crippen molar-refractivity contribution in [3.8, 4) is 0 Å². The van der Waals surface area contributed by atoms with Crippen LogP contribution in [0.3, 0.4) is 0 Å². The third kappa shape index (κ3) is 4.28. The van der Waals surface area contributed by atoms with Crippen molar-refractivity contribution in [3.63, 3.8) is 0 Å². The van der Waals surface area contributed by atoms with Crippen LogP contribution in [0.5, 0.6) is 0 Å². The van der Waals surface area contributed by atoms with E-state index in [4.69, 9.17) is 0 Å². The normalized spacial score (nSPS) is 25.9. The molecule has 3 atom stereocenters. The SMILES string of the molecule is CC1CCCC(NC(C)c2ccc(F)c(Br)c2)CC1. The quantitative estimate of drug-likeness (QED) is 0.751. The number of hydrogen-bond acceptors (Lipinski definition) is 1. The summed E-state index contributed by atoms with van der Waals surface area (Å²) in [5, 5.41) is 3.70. The molecule has 1 N–H and O–H groups in total. The molecule has 0 spiro atoms. The molecule has 106 valence electrons. The van der Waals surface area contributed by atoms with Gasteiger partial charge >= 0.3 is 0 Å². The van der Waals surface area contributed by atoms with Gasteiger partial charge in [-0.2, -0.15) is 0 Å². The fraction of sp³-hybridized carbons (Fsp3) is 0.625. The smallest absolute Gasteiger partial charge is 0.137 e. The van der Waals surface area contributed by atoms with E-state index in [0.717, 1.165) is 11.5 Å². The van der Waals surface area contributed by atoms with Crippen LogP contribution in [-0.4, -0.2) is 6.04 Å². The molecule has 0 saturated heterocycles. The molecule has 3 unspecified atom stereocenters. The first kappa shape index (κ1) is 15.0. The van der Waals surface area contributed by atoms with Crippen molar-refractivity contribution in [2.24, 2.45) is 5.92 Å². The summed E-state index contributed by atoms with van der Waals surface area (Å²) in [4.78, 5) is 0. The highest BCUT2D eigenvalue weighted by atomic mass is 79.9. The van der Waals surface area contributed by atoms with Gasteiger partial charge in [-0.25, -0.2) is 4.39 Å². The molecular weight excluding hydrogens is 305 g/mol. The molecule has 1 aliphatic rings. The molecule has 1 nitrogen and oxygen atoms in total. The number of rotatable bonds is 3. The van der Waals surface area contributed by atoms with Crippen LogP contribution >= 0.6 is 15.9 Å². The molecule has 1 aliphatic carbocycles. The van der Waals surface area contributed by atoms with Crippen molar-refractivity contribution < 1.29 is 4.39 Å². The van der Waals surface area contributed by atoms with Crippen LogP contribution in [0, 0.1) is 11.7 Å². The fourth-order valence-electron chi connectivity index (χ4n) is 2.89. The number of hydrogen-bond donors (Lipinski definition) is 1. The first-order valence-corrected chi connectivity index (χ1v) is 8.06. The first-order valence-electron chi connectivity index (χ1n) is 7.27. The van der Waals surface area contributed by atoms with E-state index in [9.17, 15) is 4.39 Å². The monoisotopic (exact) mass is 327 g/mol. The molecule has 1 aromatic carbocycles. The van der Waals surface area contributed by atoms with E-state index in [1.807, 2.05) is 12.1 Å². The van der Waals surface area contributed by atoms with Gasteiger partial charge in [0.05, 0.1) is 4.47 Å². The average Bonchev–Trinajstić information content (AvgIpc) is 2.58. The fourth-order valence-corrected chi connectivity index (χ4v) is 3.28. The van der Waals surface area contributed by atoms with E-state index in [0.29, 0.717) is 10.5 Å². The summed E-state index contributed by atoms with van der Waals surface area (Å²) in [6.45, 7) is 4.51. The average molecular weight is 328 g/mol. The van der Waals surface area contributed by atoms with E-state index in [1.165, 1.54) is 38.2 Å². The largest absolute Gasteiger partial charge is 0.307 e. The number of benzene rings is 1. The van der Waals surface area contributed by atoms with Crippen molar-refractivity contribution in [2.45, 2.75) is 58.0 Å². The molecule has 0 aliphatic heterocycles. The van der Waals surface area contributed by atoms with Crippen molar-refractivity contribution in [1.29, 1.82) is 0 Å². The molecule has 1 saturated carbocycles. The minimum atomic E-state index is -0.195. The lowest BCUT2D eigenvalue weighted by molar-refractivity contribution is 0.408. The summed E-state index contributed by atoms with van der Waals surface area (Å²) < 4.78 is 13.8. The van der Waals surface area contributed by atoms with E-state index in [2.05, 4.69) is 35.1 Å². The van der Waals surface area contributed by atoms with Gasteiger partial charge in [-0.1, -0.05) is 25.8 Å². The zero-order valence-corrected chi connectivity index (χ0v) is 13.3. The summed E-state index contributed by atoms with van der Waals surface area (Å²) in [5.41, 5.74) is 1.14. The summed E-state index contributed by atoms with van der Waals surface area (Å²) in [6.07, 6.45) is 6.51. The minimum Gasteiger partial charge on any atom is -0.307 e. The van der Waals surface area contributed by atoms with Crippen LogP contribution in [0.25, 0.3) is 0 Å². The Balaban J connectivity index is 1.96. The Morgan fingerprint density at radius 1 is 1.26 bits per heavy atom. The lowest BCUT2D eigenvalue weighted by Gasteiger charge is -2.22. The maximum atomic E-state index is 13.3. The lowest BCUT2D eigenvalue weighted by atomic mass is 10.0. The molecule has 1 fully saturated rings. The van der Waals surface area contributed by atoms with Gasteiger partial charge in [0, 0.05) is 12.1 Å². The van der Waals surface area contributed by atoms with Crippen molar-refractivity contribution in [1.82, 2.24) is 5.32 Å². The zero-order chi connectivity index (χ0) is 13.8. The van der Waals surface area contributed by atoms with Crippen LogP contribution in [0.4, 0.5) is 4.39 Å². The van der Waals surface area contributed by atoms with Crippen LogP contribution in [-0.2, 0) is 0 Å². The molecule has 0 heterocycles. The predicted molar refractivity (Wildman–Crippen MR) is 81.7 cm³/mol. The van der Waals surface area contributed by atoms with Crippen molar-refractivity contribution in [2.75, 3.05) is 0 Å². The van der Waals surface area contributed by atoms with E-state index in [-0.39, 0.29) is 11.9 Å². The molecule has 1 aromatic rings. The second-order valence-corrected chi connectivity index (χ2v) is 6.73. The Morgan fingerprint density at radius 3 is 2.79 bits per heavy atom. The Bertz CT molecular complexity index is 421. The van der Waals surface area contributed by atoms with Crippen molar-refractivity contribution in [3.05, 3.63) is 34.1 Å². The van der Waals surface area contributed by atoms with Gasteiger partial charge in [0.25, 0.3) is 0 Å². The predicted octanol–water partition coefficient (Wildman–Crippen LogP) is 5.21. The highest BCUT2D eigenvalue weighted by Gasteiger charge is 2.18. The summed E-state index contributed by atoms with van der Waals surface area (Å²) in [7, 11) is 0. The van der Waals surface area contributed by atoms with E-state index < -0.39 is 0 Å². The van der Waals surface area contributed by atoms with Gasteiger partial charge in [-0.15, -0.1) is 0 Å². The molecule has 19 heavy (non-hydrogen) atoms. The minimum absolute atomic E-state index is 0.195. The van der Waals surface area contributed by atoms with E-state index >= 15 is 0 Å². The second-order valence-electron chi connectivity index (χ2n) is 5.87. The Labute approximate surface area is 124 Å². The maximum absolute atomic E-state index is 13.3. The van der Waals surface area contributed by atoms with E-state index in [1.54, 1.807) is 0 Å². The molecule has 0 amide bonds. The highest BCUT2D eigenvalue weighted by molar-refractivity contribution is 9.10. The van der Waals surface area contributed by atoms with Crippen molar-refractivity contribution >= 4 is 15.9 Å². The van der Waals surface area contributed by atoms with Gasteiger partial charge < -0.3 is 5.32 Å². The number of halogens is 2. The van der Waals surface area contributed by atoms with Gasteiger partial charge in [0.15, 0.2) is 0 Å². The van der Waals surface area contributed by atoms with Gasteiger partial charge in [0.1, 0.15) is 5.82 Å². The Morgan fingerprint density at radius 2 is 2.05 bits per heavy atom. The third-order valence-electron chi connectivity index (χ3n) is 4.19.